The Labute approximate surface area is 177 Å². The van der Waals surface area contributed by atoms with Gasteiger partial charge in [-0.3, -0.25) is 4.79 Å². The molecule has 5 aromatic rings. The van der Waals surface area contributed by atoms with Crippen molar-refractivity contribution in [2.45, 2.75) is 6.43 Å². The Morgan fingerprint density at radius 2 is 1.62 bits per heavy atom. The molecular formula is C22H13F4N5O. The van der Waals surface area contributed by atoms with E-state index >= 15 is 0 Å². The van der Waals surface area contributed by atoms with Gasteiger partial charge >= 0.3 is 0 Å². The van der Waals surface area contributed by atoms with Crippen molar-refractivity contribution >= 4 is 33.7 Å². The molecule has 2 heterocycles. The van der Waals surface area contributed by atoms with Crippen LogP contribution < -0.4 is 5.32 Å². The Morgan fingerprint density at radius 1 is 0.875 bits per heavy atom. The number of carbonyl (C=O) groups is 1. The molecule has 0 bridgehead atoms. The van der Waals surface area contributed by atoms with Crippen molar-refractivity contribution in [3.8, 4) is 11.4 Å². The molecule has 0 atom stereocenters. The van der Waals surface area contributed by atoms with Gasteiger partial charge < -0.3 is 15.3 Å². The number of aromatic amines is 2. The third kappa shape index (κ3) is 3.55. The molecule has 0 radical (unpaired) electrons. The summed E-state index contributed by atoms with van der Waals surface area (Å²) in [7, 11) is 0. The topological polar surface area (TPSA) is 86.5 Å². The molecule has 1 amide bonds. The van der Waals surface area contributed by atoms with Crippen molar-refractivity contribution in [3.05, 3.63) is 77.6 Å². The quantitative estimate of drug-likeness (QED) is 0.320. The monoisotopic (exact) mass is 439 g/mol. The minimum atomic E-state index is -2.74. The Bertz CT molecular complexity index is 1490. The van der Waals surface area contributed by atoms with E-state index in [9.17, 15) is 22.4 Å². The van der Waals surface area contributed by atoms with Gasteiger partial charge in [0.25, 0.3) is 12.3 Å². The first-order chi connectivity index (χ1) is 15.4. The molecule has 6 nitrogen and oxygen atoms in total. The Balaban J connectivity index is 1.42. The van der Waals surface area contributed by atoms with E-state index in [0.29, 0.717) is 27.8 Å². The molecule has 2 aromatic heterocycles. The molecule has 0 unspecified atom stereocenters. The third-order valence-corrected chi connectivity index (χ3v) is 4.89. The number of nitrogens with zero attached hydrogens (tertiary/aromatic N) is 2. The number of H-pyrrole nitrogens is 2. The molecule has 5 rings (SSSR count). The Morgan fingerprint density at radius 3 is 2.44 bits per heavy atom. The summed E-state index contributed by atoms with van der Waals surface area (Å²) < 4.78 is 53.2. The summed E-state index contributed by atoms with van der Waals surface area (Å²) in [5.41, 5.74) is 2.31. The lowest BCUT2D eigenvalue weighted by molar-refractivity contribution is 0.102. The molecule has 0 aliphatic rings. The fourth-order valence-electron chi connectivity index (χ4n) is 3.37. The maximum Gasteiger partial charge on any atom is 0.295 e. The van der Waals surface area contributed by atoms with Gasteiger partial charge in [0.2, 0.25) is 0 Å². The van der Waals surface area contributed by atoms with Crippen LogP contribution >= 0.6 is 0 Å². The predicted molar refractivity (Wildman–Crippen MR) is 110 cm³/mol. The molecule has 0 saturated carbocycles. The fraction of sp³-hybridized carbons (Fsp3) is 0.0455. The molecule has 0 spiro atoms. The molecule has 0 fully saturated rings. The highest BCUT2D eigenvalue weighted by molar-refractivity contribution is 6.06. The minimum absolute atomic E-state index is 0.0113. The number of alkyl halides is 2. The van der Waals surface area contributed by atoms with Crippen LogP contribution in [-0.2, 0) is 0 Å². The van der Waals surface area contributed by atoms with Gasteiger partial charge in [0.05, 0.1) is 27.6 Å². The largest absolute Gasteiger partial charge is 0.338 e. The lowest BCUT2D eigenvalue weighted by Crippen LogP contribution is -2.11. The average molecular weight is 439 g/mol. The van der Waals surface area contributed by atoms with Gasteiger partial charge in [-0.15, -0.1) is 0 Å². The second-order valence-corrected chi connectivity index (χ2v) is 7.05. The number of imidazole rings is 2. The number of carbonyl (C=O) groups excluding carboxylic acids is 1. The molecule has 0 saturated heterocycles. The molecule has 0 aliphatic heterocycles. The smallest absolute Gasteiger partial charge is 0.295 e. The maximum atomic E-state index is 14.0. The zero-order chi connectivity index (χ0) is 22.4. The molecule has 3 aromatic carbocycles. The SMILES string of the molecule is O=C(Nc1ccc2nc(-c3cc(F)ccc3F)[nH]c2c1)c1ccc2nc(C(F)F)[nH]c2c1. The van der Waals surface area contributed by atoms with Crippen LogP contribution in [-0.4, -0.2) is 25.8 Å². The summed E-state index contributed by atoms with van der Waals surface area (Å²) in [4.78, 5) is 26.1. The average Bonchev–Trinajstić information content (AvgIpc) is 3.38. The van der Waals surface area contributed by atoms with Crippen molar-refractivity contribution in [2.24, 2.45) is 0 Å². The fourth-order valence-corrected chi connectivity index (χ4v) is 3.37. The van der Waals surface area contributed by atoms with Crippen molar-refractivity contribution < 1.29 is 22.4 Å². The van der Waals surface area contributed by atoms with Gasteiger partial charge in [-0.05, 0) is 54.6 Å². The van der Waals surface area contributed by atoms with Crippen molar-refractivity contribution in [1.82, 2.24) is 19.9 Å². The number of halogens is 4. The number of nitrogens with one attached hydrogen (secondary N) is 3. The number of fused-ring (bicyclic) bond motifs is 2. The first kappa shape index (κ1) is 19.7. The van der Waals surface area contributed by atoms with Gasteiger partial charge in [0, 0.05) is 11.3 Å². The van der Waals surface area contributed by atoms with Crippen LogP contribution in [0, 0.1) is 11.6 Å². The number of benzene rings is 3. The van der Waals surface area contributed by atoms with Gasteiger partial charge in [-0.25, -0.2) is 27.5 Å². The Kier molecular flexibility index (Phi) is 4.62. The zero-order valence-corrected chi connectivity index (χ0v) is 16.1. The highest BCUT2D eigenvalue weighted by Crippen LogP contribution is 2.26. The molecule has 10 heteroatoms. The second kappa shape index (κ2) is 7.49. The van der Waals surface area contributed by atoms with E-state index in [1.807, 2.05) is 0 Å². The second-order valence-electron chi connectivity index (χ2n) is 7.05. The summed E-state index contributed by atoms with van der Waals surface area (Å²) in [5, 5.41) is 2.71. The standard InChI is InChI=1S/C22H13F4N5O/c23-11-2-4-14(24)13(8-11)20-28-16-6-3-12(9-18(16)30-20)27-22(32)10-1-5-15-17(7-10)31-21(29-15)19(25)26/h1-9,19H,(H,27,32)(H,28,30)(H,29,31). The molecule has 32 heavy (non-hydrogen) atoms. The van der Waals surface area contributed by atoms with Gasteiger partial charge in [-0.1, -0.05) is 0 Å². The highest BCUT2D eigenvalue weighted by atomic mass is 19.3. The van der Waals surface area contributed by atoms with Crippen LogP contribution in [0.2, 0.25) is 0 Å². The van der Waals surface area contributed by atoms with Crippen molar-refractivity contribution in [1.29, 1.82) is 0 Å². The first-order valence-electron chi connectivity index (χ1n) is 9.42. The lowest BCUT2D eigenvalue weighted by atomic mass is 10.2. The maximum absolute atomic E-state index is 14.0. The van der Waals surface area contributed by atoms with E-state index in [-0.39, 0.29) is 17.0 Å². The highest BCUT2D eigenvalue weighted by Gasteiger charge is 2.15. The van der Waals surface area contributed by atoms with E-state index in [1.54, 1.807) is 18.2 Å². The van der Waals surface area contributed by atoms with Crippen LogP contribution in [0.1, 0.15) is 22.6 Å². The zero-order valence-electron chi connectivity index (χ0n) is 16.1. The molecular weight excluding hydrogens is 426 g/mol. The normalized spacial score (nSPS) is 11.5. The predicted octanol–water partition coefficient (Wildman–Crippen LogP) is 5.57. The lowest BCUT2D eigenvalue weighted by Gasteiger charge is -2.05. The number of anilines is 1. The van der Waals surface area contributed by atoms with Crippen LogP contribution in [0.25, 0.3) is 33.5 Å². The summed E-state index contributed by atoms with van der Waals surface area (Å²) in [6.07, 6.45) is -2.74. The van der Waals surface area contributed by atoms with Crippen LogP contribution in [0.15, 0.2) is 54.6 Å². The van der Waals surface area contributed by atoms with E-state index in [1.165, 1.54) is 18.2 Å². The van der Waals surface area contributed by atoms with E-state index in [0.717, 1.165) is 18.2 Å². The summed E-state index contributed by atoms with van der Waals surface area (Å²) >= 11 is 0. The van der Waals surface area contributed by atoms with Gasteiger partial charge in [0.1, 0.15) is 17.5 Å². The van der Waals surface area contributed by atoms with Gasteiger partial charge in [0.15, 0.2) is 5.82 Å². The summed E-state index contributed by atoms with van der Waals surface area (Å²) in [5.74, 6) is -1.99. The minimum Gasteiger partial charge on any atom is -0.338 e. The number of rotatable bonds is 4. The van der Waals surface area contributed by atoms with E-state index in [4.69, 9.17) is 0 Å². The molecule has 160 valence electrons. The van der Waals surface area contributed by atoms with Crippen molar-refractivity contribution in [2.75, 3.05) is 5.32 Å². The first-order valence-corrected chi connectivity index (χ1v) is 9.42. The number of hydrogen-bond donors (Lipinski definition) is 3. The number of amides is 1. The molecule has 0 aliphatic carbocycles. The van der Waals surface area contributed by atoms with Crippen LogP contribution in [0.4, 0.5) is 23.2 Å². The summed E-state index contributed by atoms with van der Waals surface area (Å²) in [6.45, 7) is 0. The van der Waals surface area contributed by atoms with Crippen LogP contribution in [0.3, 0.4) is 0 Å². The van der Waals surface area contributed by atoms with Gasteiger partial charge in [-0.2, -0.15) is 0 Å². The third-order valence-electron chi connectivity index (χ3n) is 4.89. The molecule has 3 N–H and O–H groups in total. The van der Waals surface area contributed by atoms with E-state index < -0.39 is 29.8 Å². The van der Waals surface area contributed by atoms with Crippen molar-refractivity contribution in [3.63, 3.8) is 0 Å². The number of aromatic nitrogens is 4. The summed E-state index contributed by atoms with van der Waals surface area (Å²) in [6, 6.07) is 12.3. The van der Waals surface area contributed by atoms with Crippen LogP contribution in [0.5, 0.6) is 0 Å². The Hall–Kier alpha value is -4.21. The van der Waals surface area contributed by atoms with E-state index in [2.05, 4.69) is 25.3 Å². The number of hydrogen-bond acceptors (Lipinski definition) is 3.